The Labute approximate surface area is 151 Å². The van der Waals surface area contributed by atoms with Gasteiger partial charge in [-0.25, -0.2) is 9.97 Å². The summed E-state index contributed by atoms with van der Waals surface area (Å²) in [6.45, 7) is 5.06. The number of amides is 1. The van der Waals surface area contributed by atoms with Gasteiger partial charge in [0.15, 0.2) is 6.29 Å². The number of piperidine rings is 1. The number of aromatic nitrogens is 2. The topological polar surface area (TPSA) is 63.2 Å². The third-order valence-electron chi connectivity index (χ3n) is 4.48. The summed E-state index contributed by atoms with van der Waals surface area (Å²) in [5, 5.41) is 0.0790. The lowest BCUT2D eigenvalue weighted by Crippen LogP contribution is -2.36. The largest absolute Gasteiger partial charge is 0.333 e. The molecule has 0 bridgehead atoms. The average molecular weight is 355 g/mol. The molecule has 2 heterocycles. The second kappa shape index (κ2) is 7.78. The van der Waals surface area contributed by atoms with Crippen LogP contribution in [0.4, 0.5) is 4.79 Å². The highest BCUT2D eigenvalue weighted by Gasteiger charge is 2.27. The van der Waals surface area contributed by atoms with Crippen LogP contribution in [0.25, 0.3) is 0 Å². The summed E-state index contributed by atoms with van der Waals surface area (Å²) in [5.74, 6) is 0.891. The number of thioether (sulfide) groups is 1. The number of aldehydes is 1. The Morgan fingerprint density at radius 2 is 1.84 bits per heavy atom. The summed E-state index contributed by atoms with van der Waals surface area (Å²) in [7, 11) is 0. The van der Waals surface area contributed by atoms with Gasteiger partial charge in [-0.3, -0.25) is 9.59 Å². The Bertz CT molecular complexity index is 772. The Hall–Kier alpha value is -2.21. The maximum Gasteiger partial charge on any atom is 0.286 e. The Kier molecular flexibility index (Phi) is 5.48. The number of likely N-dealkylation sites (tertiary alicyclic amines) is 1. The van der Waals surface area contributed by atoms with Crippen molar-refractivity contribution in [3.63, 3.8) is 0 Å². The molecule has 0 N–H and O–H groups in total. The van der Waals surface area contributed by atoms with Gasteiger partial charge in [-0.2, -0.15) is 0 Å². The highest BCUT2D eigenvalue weighted by atomic mass is 32.2. The minimum atomic E-state index is 0.0790. The number of hydrogen-bond acceptors (Lipinski definition) is 5. The van der Waals surface area contributed by atoms with Crippen molar-refractivity contribution in [3.8, 4) is 0 Å². The zero-order chi connectivity index (χ0) is 17.8. The second-order valence-electron chi connectivity index (χ2n) is 6.22. The van der Waals surface area contributed by atoms with Gasteiger partial charge in [-0.05, 0) is 50.6 Å². The van der Waals surface area contributed by atoms with Crippen LogP contribution in [0.3, 0.4) is 0 Å². The van der Waals surface area contributed by atoms with E-state index in [0.717, 1.165) is 35.4 Å². The lowest BCUT2D eigenvalue weighted by atomic mass is 9.90. The lowest BCUT2D eigenvalue weighted by molar-refractivity contribution is 0.111. The SMILES string of the molecule is Cc1nc(C)c(C=O)c(C2CCN(C(=O)Sc3ccccc3)CC2)n1. The Morgan fingerprint density at radius 3 is 2.48 bits per heavy atom. The van der Waals surface area contributed by atoms with Crippen LogP contribution in [0, 0.1) is 13.8 Å². The monoisotopic (exact) mass is 355 g/mol. The van der Waals surface area contributed by atoms with Crippen molar-refractivity contribution >= 4 is 23.3 Å². The third kappa shape index (κ3) is 4.07. The van der Waals surface area contributed by atoms with E-state index in [1.54, 1.807) is 0 Å². The van der Waals surface area contributed by atoms with Crippen LogP contribution in [-0.2, 0) is 0 Å². The summed E-state index contributed by atoms with van der Waals surface area (Å²) in [6, 6.07) is 9.69. The van der Waals surface area contributed by atoms with Gasteiger partial charge in [0.05, 0.1) is 17.0 Å². The van der Waals surface area contributed by atoms with Crippen LogP contribution in [0.2, 0.25) is 0 Å². The van der Waals surface area contributed by atoms with Gasteiger partial charge in [0.25, 0.3) is 5.24 Å². The van der Waals surface area contributed by atoms with Crippen molar-refractivity contribution in [3.05, 3.63) is 53.1 Å². The summed E-state index contributed by atoms with van der Waals surface area (Å²) in [5.41, 5.74) is 2.17. The van der Waals surface area contributed by atoms with Crippen molar-refractivity contribution in [2.45, 2.75) is 37.5 Å². The first-order chi connectivity index (χ1) is 12.1. The van der Waals surface area contributed by atoms with E-state index in [1.807, 2.05) is 49.1 Å². The van der Waals surface area contributed by atoms with Crippen molar-refractivity contribution in [2.75, 3.05) is 13.1 Å². The van der Waals surface area contributed by atoms with Gasteiger partial charge in [-0.15, -0.1) is 0 Å². The minimum Gasteiger partial charge on any atom is -0.333 e. The fourth-order valence-corrected chi connectivity index (χ4v) is 4.00. The van der Waals surface area contributed by atoms with Crippen molar-refractivity contribution < 1.29 is 9.59 Å². The van der Waals surface area contributed by atoms with Crippen LogP contribution in [0.1, 0.15) is 46.3 Å². The summed E-state index contributed by atoms with van der Waals surface area (Å²) < 4.78 is 0. The number of aryl methyl sites for hydroxylation is 2. The molecule has 1 amide bonds. The molecular formula is C19H21N3O2S. The van der Waals surface area contributed by atoms with Gasteiger partial charge in [0, 0.05) is 23.9 Å². The number of hydrogen-bond donors (Lipinski definition) is 0. The number of nitrogens with zero attached hydrogens (tertiary/aromatic N) is 3. The van der Waals surface area contributed by atoms with Gasteiger partial charge in [0.1, 0.15) is 5.82 Å². The van der Waals surface area contributed by atoms with Crippen molar-refractivity contribution in [1.29, 1.82) is 0 Å². The van der Waals surface area contributed by atoms with Gasteiger partial charge < -0.3 is 4.90 Å². The first-order valence-corrected chi connectivity index (χ1v) is 9.22. The molecule has 0 radical (unpaired) electrons. The van der Waals surface area contributed by atoms with Gasteiger partial charge >= 0.3 is 0 Å². The van der Waals surface area contributed by atoms with Crippen LogP contribution >= 0.6 is 11.8 Å². The van der Waals surface area contributed by atoms with E-state index >= 15 is 0 Å². The van der Waals surface area contributed by atoms with E-state index in [4.69, 9.17) is 0 Å². The minimum absolute atomic E-state index is 0.0790. The standard InChI is InChI=1S/C19H21N3O2S/c1-13-17(12-23)18(21-14(2)20-13)15-8-10-22(11-9-15)19(24)25-16-6-4-3-5-7-16/h3-7,12,15H,8-11H2,1-2H3. The molecule has 1 aliphatic heterocycles. The molecule has 0 saturated carbocycles. The molecule has 1 aliphatic rings. The molecule has 0 aliphatic carbocycles. The van der Waals surface area contributed by atoms with Crippen molar-refractivity contribution in [2.24, 2.45) is 0 Å². The summed E-state index contributed by atoms with van der Waals surface area (Å²) in [4.78, 5) is 35.5. The molecule has 130 valence electrons. The van der Waals surface area contributed by atoms with Crippen LogP contribution < -0.4 is 0 Å². The second-order valence-corrected chi connectivity index (χ2v) is 7.24. The van der Waals surface area contributed by atoms with Crippen molar-refractivity contribution in [1.82, 2.24) is 14.9 Å². The smallest absolute Gasteiger partial charge is 0.286 e. The molecule has 6 heteroatoms. The zero-order valence-electron chi connectivity index (χ0n) is 14.4. The van der Waals surface area contributed by atoms with Crippen LogP contribution in [0.5, 0.6) is 0 Å². The molecule has 1 fully saturated rings. The van der Waals surface area contributed by atoms with E-state index in [-0.39, 0.29) is 11.2 Å². The maximum absolute atomic E-state index is 12.4. The van der Waals surface area contributed by atoms with Crippen LogP contribution in [0.15, 0.2) is 35.2 Å². The molecular weight excluding hydrogens is 334 g/mol. The first-order valence-electron chi connectivity index (χ1n) is 8.40. The average Bonchev–Trinajstić information content (AvgIpc) is 2.62. The van der Waals surface area contributed by atoms with E-state index in [2.05, 4.69) is 9.97 Å². The fraction of sp³-hybridized carbons (Fsp3) is 0.368. The first kappa shape index (κ1) is 17.6. The van der Waals surface area contributed by atoms with E-state index < -0.39 is 0 Å². The molecule has 0 spiro atoms. The van der Waals surface area contributed by atoms with E-state index in [9.17, 15) is 9.59 Å². The highest BCUT2D eigenvalue weighted by molar-refractivity contribution is 8.13. The Morgan fingerprint density at radius 1 is 1.16 bits per heavy atom. The quantitative estimate of drug-likeness (QED) is 0.615. The Balaban J connectivity index is 1.66. The molecule has 2 aromatic rings. The number of benzene rings is 1. The predicted molar refractivity (Wildman–Crippen MR) is 98.1 cm³/mol. The number of rotatable bonds is 3. The van der Waals surface area contributed by atoms with Gasteiger partial charge in [-0.1, -0.05) is 18.2 Å². The number of carbonyl (C=O) groups excluding carboxylic acids is 2. The molecule has 1 saturated heterocycles. The summed E-state index contributed by atoms with van der Waals surface area (Å²) in [6.07, 6.45) is 2.49. The highest BCUT2D eigenvalue weighted by Crippen LogP contribution is 2.31. The normalized spacial score (nSPS) is 15.2. The molecule has 5 nitrogen and oxygen atoms in total. The zero-order valence-corrected chi connectivity index (χ0v) is 15.3. The van der Waals surface area contributed by atoms with Crippen LogP contribution in [-0.4, -0.2) is 39.5 Å². The fourth-order valence-electron chi connectivity index (χ4n) is 3.19. The molecule has 3 rings (SSSR count). The molecule has 0 unspecified atom stereocenters. The van der Waals surface area contributed by atoms with Gasteiger partial charge in [0.2, 0.25) is 0 Å². The molecule has 1 aromatic heterocycles. The summed E-state index contributed by atoms with van der Waals surface area (Å²) >= 11 is 1.26. The number of carbonyl (C=O) groups is 2. The predicted octanol–water partition coefficient (Wildman–Crippen LogP) is 4.00. The molecule has 1 aromatic carbocycles. The third-order valence-corrected chi connectivity index (χ3v) is 5.42. The molecule has 0 atom stereocenters. The van der Waals surface area contributed by atoms with E-state index in [0.29, 0.717) is 24.5 Å². The maximum atomic E-state index is 12.4. The lowest BCUT2D eigenvalue weighted by Gasteiger charge is -2.32. The van der Waals surface area contributed by atoms with E-state index in [1.165, 1.54) is 11.8 Å². The molecule has 25 heavy (non-hydrogen) atoms.